The molecule has 37 heavy (non-hydrogen) atoms. The number of esters is 1. The molecule has 1 aromatic carbocycles. The standard InChI is InChI=1S/C29H38N2O5S/c1-5-7-16-36-28(35)23-22-13-14-29(37-22)24(23)26(33)31(21(18-32)17-20-11-9-8-10-12-20)25(29)27(34)30(15-6-2)19(3)4/h5-6,8-12,19,21-25,32H,1-2,7,13-18H2,3-4H3/t21-,22+,23-,24+,25?,29?/m1/s1. The first-order valence-electron chi connectivity index (χ1n) is 13.1. The fourth-order valence-electron chi connectivity index (χ4n) is 6.36. The number of aliphatic hydroxyl groups excluding tert-OH is 1. The predicted octanol–water partition coefficient (Wildman–Crippen LogP) is 3.22. The van der Waals surface area contributed by atoms with Crippen LogP contribution in [0.2, 0.25) is 0 Å². The summed E-state index contributed by atoms with van der Waals surface area (Å²) in [6, 6.07) is 8.22. The average Bonchev–Trinajstić information content (AvgIpc) is 3.53. The van der Waals surface area contributed by atoms with Crippen molar-refractivity contribution in [3.8, 4) is 0 Å². The summed E-state index contributed by atoms with van der Waals surface area (Å²) < 4.78 is 4.83. The molecule has 6 atom stereocenters. The number of ether oxygens (including phenoxy) is 1. The van der Waals surface area contributed by atoms with Crippen molar-refractivity contribution in [2.75, 3.05) is 19.8 Å². The lowest BCUT2D eigenvalue weighted by atomic mass is 9.71. The van der Waals surface area contributed by atoms with Crippen LogP contribution >= 0.6 is 11.8 Å². The molecular weight excluding hydrogens is 488 g/mol. The predicted molar refractivity (Wildman–Crippen MR) is 145 cm³/mol. The zero-order valence-electron chi connectivity index (χ0n) is 21.8. The van der Waals surface area contributed by atoms with E-state index in [0.717, 1.165) is 12.0 Å². The summed E-state index contributed by atoms with van der Waals surface area (Å²) in [6.07, 6.45) is 5.77. The fourth-order valence-corrected chi connectivity index (χ4v) is 8.55. The number of fused-ring (bicyclic) bond motifs is 1. The van der Waals surface area contributed by atoms with E-state index < -0.39 is 28.7 Å². The summed E-state index contributed by atoms with van der Waals surface area (Å²) in [5.74, 6) is -1.99. The second-order valence-electron chi connectivity index (χ2n) is 10.4. The molecule has 1 spiro atoms. The first kappa shape index (κ1) is 27.5. The smallest absolute Gasteiger partial charge is 0.310 e. The van der Waals surface area contributed by atoms with Gasteiger partial charge in [0.1, 0.15) is 6.04 Å². The summed E-state index contributed by atoms with van der Waals surface area (Å²) in [6.45, 7) is 11.7. The van der Waals surface area contributed by atoms with Crippen LogP contribution in [-0.4, -0.2) is 80.6 Å². The highest BCUT2D eigenvalue weighted by atomic mass is 32.2. The van der Waals surface area contributed by atoms with Gasteiger partial charge in [0.05, 0.1) is 35.8 Å². The van der Waals surface area contributed by atoms with Gasteiger partial charge in [-0.2, -0.15) is 0 Å². The molecule has 3 fully saturated rings. The van der Waals surface area contributed by atoms with Crippen LogP contribution in [0.1, 0.15) is 38.7 Å². The van der Waals surface area contributed by atoms with Gasteiger partial charge in [0.2, 0.25) is 11.8 Å². The Kier molecular flexibility index (Phi) is 8.49. The number of benzene rings is 1. The number of carbonyl (C=O) groups excluding carboxylic acids is 3. The Labute approximate surface area is 223 Å². The van der Waals surface area contributed by atoms with Crippen LogP contribution in [0, 0.1) is 11.8 Å². The molecule has 2 unspecified atom stereocenters. The summed E-state index contributed by atoms with van der Waals surface area (Å²) in [5.41, 5.74) is 0.972. The number of amides is 2. The molecule has 200 valence electrons. The summed E-state index contributed by atoms with van der Waals surface area (Å²) in [5, 5.41) is 10.5. The summed E-state index contributed by atoms with van der Waals surface area (Å²) in [7, 11) is 0. The van der Waals surface area contributed by atoms with Crippen molar-refractivity contribution in [1.29, 1.82) is 0 Å². The molecule has 7 nitrogen and oxygen atoms in total. The molecule has 1 N–H and O–H groups in total. The Bertz CT molecular complexity index is 1030. The van der Waals surface area contributed by atoms with Gasteiger partial charge in [-0.25, -0.2) is 0 Å². The largest absolute Gasteiger partial charge is 0.465 e. The van der Waals surface area contributed by atoms with E-state index in [1.165, 1.54) is 0 Å². The van der Waals surface area contributed by atoms with Crippen molar-refractivity contribution < 1.29 is 24.2 Å². The summed E-state index contributed by atoms with van der Waals surface area (Å²) in [4.78, 5) is 45.2. The molecule has 2 amide bonds. The molecule has 0 aromatic heterocycles. The maximum absolute atomic E-state index is 14.3. The van der Waals surface area contributed by atoms with E-state index in [-0.39, 0.29) is 42.3 Å². The molecule has 2 bridgehead atoms. The van der Waals surface area contributed by atoms with E-state index in [0.29, 0.717) is 25.8 Å². The molecule has 3 aliphatic heterocycles. The first-order chi connectivity index (χ1) is 17.8. The molecule has 0 saturated carbocycles. The van der Waals surface area contributed by atoms with Crippen LogP contribution in [0.5, 0.6) is 0 Å². The number of nitrogens with zero attached hydrogens (tertiary/aromatic N) is 2. The molecule has 0 radical (unpaired) electrons. The van der Waals surface area contributed by atoms with Crippen molar-refractivity contribution >= 4 is 29.5 Å². The fraction of sp³-hybridized carbons (Fsp3) is 0.552. The average molecular weight is 527 g/mol. The molecule has 0 aliphatic carbocycles. The third-order valence-electron chi connectivity index (χ3n) is 7.96. The van der Waals surface area contributed by atoms with Crippen LogP contribution in [0.4, 0.5) is 0 Å². The molecule has 4 rings (SSSR count). The van der Waals surface area contributed by atoms with Gasteiger partial charge < -0.3 is 19.6 Å². The van der Waals surface area contributed by atoms with E-state index in [1.807, 2.05) is 44.2 Å². The molecule has 3 aliphatic rings. The van der Waals surface area contributed by atoms with E-state index in [9.17, 15) is 19.5 Å². The van der Waals surface area contributed by atoms with Crippen LogP contribution < -0.4 is 0 Å². The van der Waals surface area contributed by atoms with E-state index in [2.05, 4.69) is 13.2 Å². The van der Waals surface area contributed by atoms with Gasteiger partial charge in [-0.05, 0) is 45.1 Å². The zero-order chi connectivity index (χ0) is 26.7. The van der Waals surface area contributed by atoms with Crippen LogP contribution in [-0.2, 0) is 25.5 Å². The highest BCUT2D eigenvalue weighted by molar-refractivity contribution is 8.02. The van der Waals surface area contributed by atoms with Crippen LogP contribution in [0.15, 0.2) is 55.6 Å². The first-order valence-corrected chi connectivity index (χ1v) is 14.0. The Morgan fingerprint density at radius 2 is 2.00 bits per heavy atom. The number of rotatable bonds is 12. The van der Waals surface area contributed by atoms with Gasteiger partial charge in [-0.3, -0.25) is 14.4 Å². The van der Waals surface area contributed by atoms with Crippen LogP contribution in [0.3, 0.4) is 0 Å². The van der Waals surface area contributed by atoms with E-state index >= 15 is 0 Å². The number of thioether (sulfide) groups is 1. The topological polar surface area (TPSA) is 87.2 Å². The zero-order valence-corrected chi connectivity index (χ0v) is 22.6. The maximum Gasteiger partial charge on any atom is 0.310 e. The maximum atomic E-state index is 14.3. The highest BCUT2D eigenvalue weighted by Crippen LogP contribution is 2.67. The van der Waals surface area contributed by atoms with Gasteiger partial charge in [-0.1, -0.05) is 42.5 Å². The van der Waals surface area contributed by atoms with Gasteiger partial charge in [0.15, 0.2) is 0 Å². The van der Waals surface area contributed by atoms with E-state index in [4.69, 9.17) is 4.74 Å². The van der Waals surface area contributed by atoms with Gasteiger partial charge in [0, 0.05) is 17.8 Å². The lowest BCUT2D eigenvalue weighted by molar-refractivity contribution is -0.154. The highest BCUT2D eigenvalue weighted by Gasteiger charge is 2.74. The lowest BCUT2D eigenvalue weighted by Gasteiger charge is -2.40. The third-order valence-corrected chi connectivity index (χ3v) is 9.91. The minimum atomic E-state index is -0.769. The Morgan fingerprint density at radius 1 is 1.27 bits per heavy atom. The Hall–Kier alpha value is -2.58. The van der Waals surface area contributed by atoms with E-state index in [1.54, 1.807) is 33.7 Å². The minimum absolute atomic E-state index is 0.0590. The monoisotopic (exact) mass is 526 g/mol. The molecule has 3 saturated heterocycles. The number of likely N-dealkylation sites (tertiary alicyclic amines) is 1. The van der Waals surface area contributed by atoms with Gasteiger partial charge in [-0.15, -0.1) is 24.9 Å². The van der Waals surface area contributed by atoms with Crippen LogP contribution in [0.25, 0.3) is 0 Å². The number of hydrogen-bond donors (Lipinski definition) is 1. The second kappa shape index (κ2) is 11.4. The van der Waals surface area contributed by atoms with Crippen molar-refractivity contribution in [1.82, 2.24) is 9.80 Å². The van der Waals surface area contributed by atoms with Gasteiger partial charge in [0.25, 0.3) is 0 Å². The SMILES string of the molecule is C=CCCOC(=O)[C@@H]1[C@@H]2CCC3(S2)C(C(=O)N(CC=C)C(C)C)N([C@@H](CO)Cc2ccccc2)C(=O)[C@H]13. The van der Waals surface area contributed by atoms with Crippen molar-refractivity contribution in [3.05, 3.63) is 61.2 Å². The van der Waals surface area contributed by atoms with Crippen molar-refractivity contribution in [2.45, 2.75) is 67.7 Å². The molecule has 1 aromatic rings. The number of carbonyl (C=O) groups is 3. The summed E-state index contributed by atoms with van der Waals surface area (Å²) >= 11 is 1.61. The normalized spacial score (nSPS) is 28.8. The quantitative estimate of drug-likeness (QED) is 0.256. The molecule has 3 heterocycles. The molecule has 8 heteroatoms. The number of aliphatic hydroxyl groups is 1. The molecular formula is C29H38N2O5S. The van der Waals surface area contributed by atoms with Crippen molar-refractivity contribution in [2.24, 2.45) is 11.8 Å². The lowest BCUT2D eigenvalue weighted by Crippen LogP contribution is -2.58. The number of hydrogen-bond acceptors (Lipinski definition) is 6. The Morgan fingerprint density at radius 3 is 2.62 bits per heavy atom. The van der Waals surface area contributed by atoms with Gasteiger partial charge >= 0.3 is 5.97 Å². The van der Waals surface area contributed by atoms with Crippen molar-refractivity contribution in [3.63, 3.8) is 0 Å². The second-order valence-corrected chi connectivity index (χ2v) is 12.0. The Balaban J connectivity index is 1.75. The third kappa shape index (κ3) is 4.86. The minimum Gasteiger partial charge on any atom is -0.465 e.